The normalized spacial score (nSPS) is 26.9. The lowest BCUT2D eigenvalue weighted by molar-refractivity contribution is -0.138. The van der Waals surface area contributed by atoms with Gasteiger partial charge in [0.2, 0.25) is 5.91 Å². The Morgan fingerprint density at radius 2 is 2.00 bits per heavy atom. The van der Waals surface area contributed by atoms with E-state index in [1.54, 1.807) is 0 Å². The van der Waals surface area contributed by atoms with E-state index in [-0.39, 0.29) is 5.91 Å². The second kappa shape index (κ2) is 5.79. The van der Waals surface area contributed by atoms with Crippen LogP contribution < -0.4 is 0 Å². The van der Waals surface area contributed by atoms with Crippen molar-refractivity contribution < 1.29 is 9.53 Å². The van der Waals surface area contributed by atoms with Gasteiger partial charge in [0, 0.05) is 13.1 Å². The van der Waals surface area contributed by atoms with Gasteiger partial charge >= 0.3 is 0 Å². The van der Waals surface area contributed by atoms with Crippen molar-refractivity contribution in [3.05, 3.63) is 41.0 Å². The molecule has 0 N–H and O–H groups in total. The maximum absolute atomic E-state index is 12.8. The molecule has 4 rings (SSSR count). The number of rotatable bonds is 2. The number of carbonyl (C=O) groups excluding carboxylic acids is 1. The third kappa shape index (κ3) is 2.61. The van der Waals surface area contributed by atoms with E-state index < -0.39 is 5.60 Å². The molecule has 1 unspecified atom stereocenters. The van der Waals surface area contributed by atoms with Crippen LogP contribution in [0.5, 0.6) is 0 Å². The van der Waals surface area contributed by atoms with Gasteiger partial charge in [0.15, 0.2) is 0 Å². The van der Waals surface area contributed by atoms with Crippen molar-refractivity contribution in [3.63, 3.8) is 0 Å². The summed E-state index contributed by atoms with van der Waals surface area (Å²) in [6.07, 6.45) is 5.93. The molecule has 23 heavy (non-hydrogen) atoms. The minimum atomic E-state index is -0.429. The summed E-state index contributed by atoms with van der Waals surface area (Å²) in [6, 6.07) is 8.64. The second-order valence-corrected chi connectivity index (χ2v) is 7.24. The number of fused-ring (bicyclic) bond motifs is 2. The lowest BCUT2D eigenvalue weighted by atomic mass is 9.84. The Balaban J connectivity index is 1.58. The number of hydrogen-bond donors (Lipinski definition) is 0. The first kappa shape index (κ1) is 14.9. The second-order valence-electron chi connectivity index (χ2n) is 7.24. The van der Waals surface area contributed by atoms with E-state index in [4.69, 9.17) is 4.74 Å². The lowest BCUT2D eigenvalue weighted by Crippen LogP contribution is -2.44. The quantitative estimate of drug-likeness (QED) is 0.835. The molecule has 0 saturated carbocycles. The van der Waals surface area contributed by atoms with Gasteiger partial charge in [0.05, 0.1) is 18.6 Å². The molecule has 3 heteroatoms. The number of ether oxygens (including phenoxy) is 1. The van der Waals surface area contributed by atoms with E-state index in [0.29, 0.717) is 6.42 Å². The fourth-order valence-corrected chi connectivity index (χ4v) is 4.39. The third-order valence-electron chi connectivity index (χ3n) is 5.68. The van der Waals surface area contributed by atoms with Crippen LogP contribution in [0, 0.1) is 0 Å². The first-order chi connectivity index (χ1) is 11.2. The Morgan fingerprint density at radius 1 is 1.22 bits per heavy atom. The Kier molecular flexibility index (Phi) is 3.76. The lowest BCUT2D eigenvalue weighted by Gasteiger charge is -2.38. The van der Waals surface area contributed by atoms with Gasteiger partial charge in [0.25, 0.3) is 0 Å². The van der Waals surface area contributed by atoms with Gasteiger partial charge in [-0.1, -0.05) is 24.3 Å². The van der Waals surface area contributed by atoms with Gasteiger partial charge in [-0.2, -0.15) is 0 Å². The van der Waals surface area contributed by atoms with Crippen LogP contribution in [0.3, 0.4) is 0 Å². The molecule has 1 aromatic carbocycles. The average Bonchev–Trinajstić information content (AvgIpc) is 2.96. The van der Waals surface area contributed by atoms with E-state index >= 15 is 0 Å². The Morgan fingerprint density at radius 3 is 2.83 bits per heavy atom. The summed E-state index contributed by atoms with van der Waals surface area (Å²) in [7, 11) is 0. The number of nitrogens with zero attached hydrogens (tertiary/aromatic N) is 1. The van der Waals surface area contributed by atoms with Gasteiger partial charge in [-0.3, -0.25) is 4.79 Å². The number of carbonyl (C=O) groups is 1. The SMILES string of the molecule is CC1(CC(=O)N2CCCCC2)OCCC2=C1Cc1ccccc12. The highest BCUT2D eigenvalue weighted by Gasteiger charge is 2.41. The monoisotopic (exact) mass is 311 g/mol. The van der Waals surface area contributed by atoms with Gasteiger partial charge in [0.1, 0.15) is 0 Å². The van der Waals surface area contributed by atoms with Crippen LogP contribution in [-0.4, -0.2) is 36.1 Å². The smallest absolute Gasteiger partial charge is 0.225 e. The Bertz CT molecular complexity index is 657. The van der Waals surface area contributed by atoms with Crippen LogP contribution >= 0.6 is 0 Å². The van der Waals surface area contributed by atoms with Crippen molar-refractivity contribution in [2.45, 2.75) is 51.0 Å². The molecule has 2 heterocycles. The number of benzene rings is 1. The van der Waals surface area contributed by atoms with Crippen molar-refractivity contribution in [2.75, 3.05) is 19.7 Å². The number of amides is 1. The molecule has 1 amide bonds. The van der Waals surface area contributed by atoms with Crippen LogP contribution in [0.1, 0.15) is 50.2 Å². The van der Waals surface area contributed by atoms with Gasteiger partial charge in [-0.15, -0.1) is 0 Å². The Hall–Kier alpha value is -1.61. The van der Waals surface area contributed by atoms with Crippen LogP contribution in [0.2, 0.25) is 0 Å². The first-order valence-corrected chi connectivity index (χ1v) is 8.90. The molecular formula is C20H25NO2. The van der Waals surface area contributed by atoms with Gasteiger partial charge in [-0.25, -0.2) is 0 Å². The fourth-order valence-electron chi connectivity index (χ4n) is 4.39. The molecule has 1 fully saturated rings. The van der Waals surface area contributed by atoms with E-state index in [1.807, 2.05) is 4.90 Å². The molecule has 2 aliphatic heterocycles. The number of likely N-dealkylation sites (tertiary alicyclic amines) is 1. The fraction of sp³-hybridized carbons (Fsp3) is 0.550. The van der Waals surface area contributed by atoms with Crippen molar-refractivity contribution in [2.24, 2.45) is 0 Å². The van der Waals surface area contributed by atoms with Crippen LogP contribution in [-0.2, 0) is 16.0 Å². The van der Waals surface area contributed by atoms with Gasteiger partial charge in [-0.05, 0) is 61.3 Å². The molecule has 0 spiro atoms. The van der Waals surface area contributed by atoms with E-state index in [9.17, 15) is 4.79 Å². The zero-order valence-electron chi connectivity index (χ0n) is 13.9. The molecule has 3 aliphatic rings. The highest BCUT2D eigenvalue weighted by molar-refractivity contribution is 5.82. The number of hydrogen-bond acceptors (Lipinski definition) is 2. The zero-order chi connectivity index (χ0) is 15.9. The molecule has 0 aromatic heterocycles. The van der Waals surface area contributed by atoms with E-state index in [1.165, 1.54) is 28.7 Å². The molecular weight excluding hydrogens is 286 g/mol. The molecule has 1 saturated heterocycles. The molecule has 0 radical (unpaired) electrons. The standard InChI is InChI=1S/C20H25NO2/c1-20(14-19(22)21-10-5-2-6-11-21)18-13-15-7-3-4-8-16(15)17(18)9-12-23-20/h3-4,7-8H,2,5-6,9-14H2,1H3. The highest BCUT2D eigenvalue weighted by Crippen LogP contribution is 2.45. The summed E-state index contributed by atoms with van der Waals surface area (Å²) in [5.74, 6) is 0.261. The van der Waals surface area contributed by atoms with Crippen molar-refractivity contribution in [1.82, 2.24) is 4.90 Å². The summed E-state index contributed by atoms with van der Waals surface area (Å²) in [5, 5.41) is 0. The summed E-state index contributed by atoms with van der Waals surface area (Å²) < 4.78 is 6.17. The molecule has 3 nitrogen and oxygen atoms in total. The van der Waals surface area contributed by atoms with Crippen molar-refractivity contribution >= 4 is 11.5 Å². The van der Waals surface area contributed by atoms with Crippen molar-refractivity contribution in [1.29, 1.82) is 0 Å². The maximum Gasteiger partial charge on any atom is 0.225 e. The third-order valence-corrected chi connectivity index (χ3v) is 5.68. The molecule has 1 atom stereocenters. The largest absolute Gasteiger partial charge is 0.370 e. The minimum absolute atomic E-state index is 0.261. The van der Waals surface area contributed by atoms with Crippen molar-refractivity contribution in [3.8, 4) is 0 Å². The first-order valence-electron chi connectivity index (χ1n) is 8.90. The van der Waals surface area contributed by atoms with Gasteiger partial charge < -0.3 is 9.64 Å². The minimum Gasteiger partial charge on any atom is -0.370 e. The predicted molar refractivity (Wildman–Crippen MR) is 91.1 cm³/mol. The van der Waals surface area contributed by atoms with E-state index in [2.05, 4.69) is 31.2 Å². The topological polar surface area (TPSA) is 29.5 Å². The van der Waals surface area contributed by atoms with E-state index in [0.717, 1.165) is 45.4 Å². The molecule has 1 aliphatic carbocycles. The Labute approximate surface area is 138 Å². The summed E-state index contributed by atoms with van der Waals surface area (Å²) >= 11 is 0. The van der Waals surface area contributed by atoms with Crippen LogP contribution in [0.25, 0.3) is 5.57 Å². The molecule has 1 aromatic rings. The maximum atomic E-state index is 12.8. The molecule has 0 bridgehead atoms. The summed E-state index contributed by atoms with van der Waals surface area (Å²) in [6.45, 7) is 4.67. The zero-order valence-corrected chi connectivity index (χ0v) is 13.9. The molecule has 122 valence electrons. The van der Waals surface area contributed by atoms with Crippen LogP contribution in [0.4, 0.5) is 0 Å². The predicted octanol–water partition coefficient (Wildman–Crippen LogP) is 3.58. The summed E-state index contributed by atoms with van der Waals surface area (Å²) in [4.78, 5) is 14.8. The van der Waals surface area contributed by atoms with Crippen LogP contribution in [0.15, 0.2) is 29.8 Å². The average molecular weight is 311 g/mol. The number of piperidine rings is 1. The summed E-state index contributed by atoms with van der Waals surface area (Å²) in [5.41, 5.74) is 5.11. The highest BCUT2D eigenvalue weighted by atomic mass is 16.5.